The Bertz CT molecular complexity index is 1360. The lowest BCUT2D eigenvalue weighted by Crippen LogP contribution is -2.36. The van der Waals surface area contributed by atoms with Crippen molar-refractivity contribution in [1.29, 1.82) is 0 Å². The second-order valence-electron chi connectivity index (χ2n) is 8.72. The quantitative estimate of drug-likeness (QED) is 0.263. The molecule has 0 bridgehead atoms. The molecule has 4 rings (SSSR count). The number of amidine groups is 1. The Balaban J connectivity index is 1.57. The Hall–Kier alpha value is -2.93. The number of methoxy groups -OCH3 is 1. The molecule has 1 aliphatic rings. The summed E-state index contributed by atoms with van der Waals surface area (Å²) in [5, 5.41) is 1.66. The molecule has 0 N–H and O–H groups in total. The van der Waals surface area contributed by atoms with E-state index in [2.05, 4.69) is 6.92 Å². The molecular weight excluding hydrogens is 527 g/mol. The SMILES string of the molecule is CC[C@H](C)N1C(=O)/C(=C\c2ccc(OCc3ccc(Cl)c(Cl)c3)c(OC)c2)SC1=Nc1ccc(C)cc1. The van der Waals surface area contributed by atoms with E-state index < -0.39 is 0 Å². The minimum atomic E-state index is -0.0517. The number of amides is 1. The van der Waals surface area contributed by atoms with Crippen LogP contribution in [-0.4, -0.2) is 29.1 Å². The Kier molecular flexibility index (Phi) is 8.85. The minimum absolute atomic E-state index is 0.0294. The van der Waals surface area contributed by atoms with Gasteiger partial charge >= 0.3 is 0 Å². The van der Waals surface area contributed by atoms with E-state index in [0.717, 1.165) is 28.8 Å². The first-order valence-corrected chi connectivity index (χ1v) is 13.5. The van der Waals surface area contributed by atoms with Crippen molar-refractivity contribution in [2.75, 3.05) is 7.11 Å². The van der Waals surface area contributed by atoms with Gasteiger partial charge in [0.2, 0.25) is 0 Å². The van der Waals surface area contributed by atoms with E-state index in [9.17, 15) is 4.79 Å². The van der Waals surface area contributed by atoms with E-state index in [4.69, 9.17) is 37.7 Å². The fourth-order valence-electron chi connectivity index (χ4n) is 3.70. The third-order valence-electron chi connectivity index (χ3n) is 5.99. The van der Waals surface area contributed by atoms with Crippen LogP contribution in [0, 0.1) is 6.92 Å². The molecular formula is C29H28Cl2N2O3S. The summed E-state index contributed by atoms with van der Waals surface area (Å²) in [5.74, 6) is 1.10. The molecule has 0 spiro atoms. The lowest BCUT2D eigenvalue weighted by atomic mass is 10.1. The normalized spacial score (nSPS) is 16.5. The van der Waals surface area contributed by atoms with E-state index in [1.54, 1.807) is 24.1 Å². The number of benzene rings is 3. The number of aliphatic imine (C=N–C) groups is 1. The van der Waals surface area contributed by atoms with Crippen molar-refractivity contribution in [2.24, 2.45) is 4.99 Å². The fraction of sp³-hybridized carbons (Fsp3) is 0.241. The van der Waals surface area contributed by atoms with Crippen LogP contribution in [-0.2, 0) is 11.4 Å². The van der Waals surface area contributed by atoms with Gasteiger partial charge in [0.15, 0.2) is 16.7 Å². The molecule has 1 fully saturated rings. The van der Waals surface area contributed by atoms with Gasteiger partial charge < -0.3 is 9.47 Å². The minimum Gasteiger partial charge on any atom is -0.493 e. The number of hydrogen-bond acceptors (Lipinski definition) is 5. The number of rotatable bonds is 8. The molecule has 37 heavy (non-hydrogen) atoms. The first-order valence-electron chi connectivity index (χ1n) is 11.9. The van der Waals surface area contributed by atoms with Gasteiger partial charge in [0.1, 0.15) is 6.61 Å². The molecule has 1 aliphatic heterocycles. The molecule has 1 saturated heterocycles. The largest absolute Gasteiger partial charge is 0.493 e. The van der Waals surface area contributed by atoms with Crippen LogP contribution in [0.5, 0.6) is 11.5 Å². The van der Waals surface area contributed by atoms with Gasteiger partial charge in [-0.25, -0.2) is 4.99 Å². The van der Waals surface area contributed by atoms with Crippen molar-refractivity contribution in [3.8, 4) is 11.5 Å². The van der Waals surface area contributed by atoms with Crippen molar-refractivity contribution in [1.82, 2.24) is 4.90 Å². The van der Waals surface area contributed by atoms with E-state index in [0.29, 0.717) is 38.2 Å². The smallest absolute Gasteiger partial charge is 0.266 e. The highest BCUT2D eigenvalue weighted by atomic mass is 35.5. The van der Waals surface area contributed by atoms with Crippen LogP contribution in [0.15, 0.2) is 70.6 Å². The van der Waals surface area contributed by atoms with Crippen LogP contribution in [0.2, 0.25) is 10.0 Å². The number of thioether (sulfide) groups is 1. The molecule has 1 heterocycles. The first-order chi connectivity index (χ1) is 17.8. The second-order valence-corrected chi connectivity index (χ2v) is 10.5. The summed E-state index contributed by atoms with van der Waals surface area (Å²) in [4.78, 5) is 20.6. The fourth-order valence-corrected chi connectivity index (χ4v) is 5.11. The van der Waals surface area contributed by atoms with Gasteiger partial charge in [0.25, 0.3) is 5.91 Å². The molecule has 3 aromatic rings. The van der Waals surface area contributed by atoms with Crippen molar-refractivity contribution >= 4 is 57.8 Å². The average molecular weight is 556 g/mol. The third-order valence-corrected chi connectivity index (χ3v) is 7.71. The predicted octanol–water partition coefficient (Wildman–Crippen LogP) is 8.29. The van der Waals surface area contributed by atoms with E-state index in [-0.39, 0.29) is 11.9 Å². The lowest BCUT2D eigenvalue weighted by molar-refractivity contribution is -0.123. The molecule has 0 radical (unpaired) electrons. The number of hydrogen-bond donors (Lipinski definition) is 0. The predicted molar refractivity (Wildman–Crippen MR) is 154 cm³/mol. The monoisotopic (exact) mass is 554 g/mol. The highest BCUT2D eigenvalue weighted by Gasteiger charge is 2.36. The van der Waals surface area contributed by atoms with E-state index in [1.807, 2.05) is 68.5 Å². The van der Waals surface area contributed by atoms with Gasteiger partial charge in [-0.05, 0) is 85.6 Å². The lowest BCUT2D eigenvalue weighted by Gasteiger charge is -2.22. The number of carbonyl (C=O) groups excluding carboxylic acids is 1. The van der Waals surface area contributed by atoms with Crippen molar-refractivity contribution in [2.45, 2.75) is 39.8 Å². The molecule has 5 nitrogen and oxygen atoms in total. The zero-order valence-corrected chi connectivity index (χ0v) is 23.5. The highest BCUT2D eigenvalue weighted by molar-refractivity contribution is 8.18. The molecule has 1 amide bonds. The number of nitrogens with zero attached hydrogens (tertiary/aromatic N) is 2. The standard InChI is InChI=1S/C29H28Cl2N2O3S/c1-5-19(3)33-28(34)27(37-29(33)32-22-10-6-18(2)7-11-22)16-20-9-13-25(26(15-20)35-4)36-17-21-8-12-23(30)24(31)14-21/h6-16,19H,5,17H2,1-4H3/b27-16+,32-29?/t19-/m0/s1. The molecule has 1 atom stereocenters. The molecule has 0 aliphatic carbocycles. The third kappa shape index (κ3) is 6.50. The molecule has 0 saturated carbocycles. The number of ether oxygens (including phenoxy) is 2. The van der Waals surface area contributed by atoms with Crippen molar-refractivity contribution < 1.29 is 14.3 Å². The topological polar surface area (TPSA) is 51.1 Å². The van der Waals surface area contributed by atoms with Crippen LogP contribution in [0.25, 0.3) is 6.08 Å². The first kappa shape index (κ1) is 27.1. The Morgan fingerprint density at radius 1 is 1.03 bits per heavy atom. The molecule has 0 unspecified atom stereocenters. The summed E-state index contributed by atoms with van der Waals surface area (Å²) >= 11 is 13.5. The average Bonchev–Trinajstić information content (AvgIpc) is 3.20. The maximum absolute atomic E-state index is 13.4. The highest BCUT2D eigenvalue weighted by Crippen LogP contribution is 2.37. The van der Waals surface area contributed by atoms with Gasteiger partial charge in [-0.2, -0.15) is 0 Å². The van der Waals surface area contributed by atoms with Crippen LogP contribution in [0.3, 0.4) is 0 Å². The van der Waals surface area contributed by atoms with Crippen LogP contribution >= 0.6 is 35.0 Å². The van der Waals surface area contributed by atoms with Gasteiger partial charge in [0, 0.05) is 6.04 Å². The van der Waals surface area contributed by atoms with Crippen LogP contribution < -0.4 is 9.47 Å². The zero-order valence-electron chi connectivity index (χ0n) is 21.1. The maximum atomic E-state index is 13.4. The summed E-state index contributed by atoms with van der Waals surface area (Å²) in [7, 11) is 1.59. The molecule has 192 valence electrons. The van der Waals surface area contributed by atoms with Crippen molar-refractivity contribution in [3.05, 3.63) is 92.3 Å². The second kappa shape index (κ2) is 12.1. The number of aryl methyl sites for hydroxylation is 1. The molecule has 3 aromatic carbocycles. The molecule has 0 aromatic heterocycles. The summed E-state index contributed by atoms with van der Waals surface area (Å²) in [5.41, 5.74) is 3.70. The van der Waals surface area contributed by atoms with Crippen LogP contribution in [0.1, 0.15) is 37.0 Å². The maximum Gasteiger partial charge on any atom is 0.266 e. The Labute approximate surface area is 232 Å². The van der Waals surface area contributed by atoms with E-state index >= 15 is 0 Å². The Morgan fingerprint density at radius 2 is 1.78 bits per heavy atom. The molecule has 8 heteroatoms. The summed E-state index contributed by atoms with van der Waals surface area (Å²) in [6.45, 7) is 6.45. The number of carbonyl (C=O) groups is 1. The summed E-state index contributed by atoms with van der Waals surface area (Å²) in [6, 6.07) is 19.0. The van der Waals surface area contributed by atoms with Gasteiger partial charge in [-0.3, -0.25) is 9.69 Å². The summed E-state index contributed by atoms with van der Waals surface area (Å²) in [6.07, 6.45) is 2.69. The van der Waals surface area contributed by atoms with Crippen LogP contribution in [0.4, 0.5) is 5.69 Å². The van der Waals surface area contributed by atoms with Gasteiger partial charge in [-0.1, -0.05) is 60.0 Å². The zero-order chi connectivity index (χ0) is 26.5. The van der Waals surface area contributed by atoms with E-state index in [1.165, 1.54) is 11.8 Å². The Morgan fingerprint density at radius 3 is 2.46 bits per heavy atom. The summed E-state index contributed by atoms with van der Waals surface area (Å²) < 4.78 is 11.5. The number of halogens is 2. The van der Waals surface area contributed by atoms with Crippen molar-refractivity contribution in [3.63, 3.8) is 0 Å². The van der Waals surface area contributed by atoms with Gasteiger partial charge in [0.05, 0.1) is 27.7 Å². The van der Waals surface area contributed by atoms with Gasteiger partial charge in [-0.15, -0.1) is 0 Å².